The van der Waals surface area contributed by atoms with Crippen molar-refractivity contribution in [2.24, 2.45) is 0 Å². The van der Waals surface area contributed by atoms with Crippen molar-refractivity contribution in [2.75, 3.05) is 39.1 Å². The van der Waals surface area contributed by atoms with Crippen LogP contribution in [0.4, 0.5) is 23.0 Å². The van der Waals surface area contributed by atoms with Crippen LogP contribution in [0.2, 0.25) is 0 Å². The maximum absolute atomic E-state index is 5.58. The quantitative estimate of drug-likeness (QED) is 0.152. The lowest BCUT2D eigenvalue weighted by Gasteiger charge is -2.15. The molecule has 48 heavy (non-hydrogen) atoms. The van der Waals surface area contributed by atoms with Gasteiger partial charge in [-0.15, -0.1) is 0 Å². The number of para-hydroxylation sites is 2. The van der Waals surface area contributed by atoms with Crippen molar-refractivity contribution in [3.05, 3.63) is 109 Å². The van der Waals surface area contributed by atoms with E-state index in [0.29, 0.717) is 57.3 Å². The molecular formula is C38H32N6O4. The highest BCUT2D eigenvalue weighted by atomic mass is 16.5. The van der Waals surface area contributed by atoms with Crippen LogP contribution in [0.3, 0.4) is 0 Å². The lowest BCUT2D eigenvalue weighted by atomic mass is 10.1. The van der Waals surface area contributed by atoms with E-state index in [1.165, 1.54) is 0 Å². The Bertz CT molecular complexity index is 2070. The molecular weight excluding hydrogens is 604 g/mol. The van der Waals surface area contributed by atoms with E-state index in [1.54, 1.807) is 28.4 Å². The van der Waals surface area contributed by atoms with E-state index in [9.17, 15) is 0 Å². The summed E-state index contributed by atoms with van der Waals surface area (Å²) in [7, 11) is 6.43. The number of anilines is 4. The van der Waals surface area contributed by atoms with Gasteiger partial charge in [-0.05, 0) is 36.4 Å². The fourth-order valence-electron chi connectivity index (χ4n) is 5.44. The first kappa shape index (κ1) is 30.2. The van der Waals surface area contributed by atoms with Crippen molar-refractivity contribution < 1.29 is 18.9 Å². The number of methoxy groups -OCH3 is 4. The summed E-state index contributed by atoms with van der Waals surface area (Å²) in [6, 6.07) is 35.1. The summed E-state index contributed by atoms with van der Waals surface area (Å²) in [5.74, 6) is 4.72. The van der Waals surface area contributed by atoms with Crippen LogP contribution < -0.4 is 29.6 Å². The van der Waals surface area contributed by atoms with Gasteiger partial charge in [-0.3, -0.25) is 0 Å². The Morgan fingerprint density at radius 2 is 0.771 bits per heavy atom. The molecule has 0 radical (unpaired) electrons. The maximum Gasteiger partial charge on any atom is 0.162 e. The minimum absolute atomic E-state index is 0.544. The van der Waals surface area contributed by atoms with E-state index in [4.69, 9.17) is 38.9 Å². The van der Waals surface area contributed by atoms with Crippen molar-refractivity contribution in [3.63, 3.8) is 0 Å². The summed E-state index contributed by atoms with van der Waals surface area (Å²) < 4.78 is 22.3. The summed E-state index contributed by atoms with van der Waals surface area (Å²) in [6.07, 6.45) is 0. The molecule has 0 amide bonds. The molecule has 238 valence electrons. The Labute approximate surface area is 277 Å². The Balaban J connectivity index is 1.31. The summed E-state index contributed by atoms with van der Waals surface area (Å²) in [5, 5.41) is 8.50. The fraction of sp³-hybridized carbons (Fsp3) is 0.105. The highest BCUT2D eigenvalue weighted by molar-refractivity contribution is 5.96. The molecule has 0 saturated heterocycles. The summed E-state index contributed by atoms with van der Waals surface area (Å²) in [5.41, 5.74) is 4.85. The first-order valence-corrected chi connectivity index (χ1v) is 15.2. The summed E-state index contributed by atoms with van der Waals surface area (Å²) in [6.45, 7) is 0. The molecule has 2 aromatic heterocycles. The normalized spacial score (nSPS) is 10.9. The Morgan fingerprint density at radius 3 is 1.12 bits per heavy atom. The van der Waals surface area contributed by atoms with Gasteiger partial charge in [-0.25, -0.2) is 19.9 Å². The fourth-order valence-corrected chi connectivity index (χ4v) is 5.44. The number of nitrogens with one attached hydrogen (secondary N) is 2. The Kier molecular flexibility index (Phi) is 8.27. The maximum atomic E-state index is 5.58. The monoisotopic (exact) mass is 636 g/mol. The third kappa shape index (κ3) is 5.94. The number of hydrogen-bond acceptors (Lipinski definition) is 10. The minimum Gasteiger partial charge on any atom is -0.493 e. The van der Waals surface area contributed by atoms with Gasteiger partial charge in [-0.2, -0.15) is 0 Å². The van der Waals surface area contributed by atoms with Crippen LogP contribution in [0.1, 0.15) is 0 Å². The molecule has 0 spiro atoms. The molecule has 0 atom stereocenters. The average molecular weight is 637 g/mol. The standard InChI is InChI=1S/C38H32N6O4/c1-45-31-19-27-29(21-33(31)47-3)41-35(43-37(27)39-25-11-7-5-8-12-25)23-15-17-24(18-16-23)36-42-30-22-34(48-4)32(46-2)20-28(30)38(44-36)40-26-13-9-6-10-14-26/h5-22H,1-4H3,(H,39,41,43)(H,40,42,44). The molecule has 5 aromatic carbocycles. The SMILES string of the molecule is COc1cc2nc(-c3ccc(-c4nc(Nc5ccccc5)c5cc(OC)c(OC)cc5n4)cc3)nc(Nc3ccccc3)c2cc1OC. The van der Waals surface area contributed by atoms with Gasteiger partial charge >= 0.3 is 0 Å². The van der Waals surface area contributed by atoms with Crippen molar-refractivity contribution in [1.29, 1.82) is 0 Å². The van der Waals surface area contributed by atoms with E-state index >= 15 is 0 Å². The number of ether oxygens (including phenoxy) is 4. The highest BCUT2D eigenvalue weighted by Gasteiger charge is 2.17. The zero-order valence-electron chi connectivity index (χ0n) is 26.8. The summed E-state index contributed by atoms with van der Waals surface area (Å²) in [4.78, 5) is 19.7. The molecule has 0 unspecified atom stereocenters. The molecule has 0 saturated carbocycles. The van der Waals surface area contributed by atoms with Crippen LogP contribution in [-0.2, 0) is 0 Å². The molecule has 7 aromatic rings. The molecule has 0 aliphatic rings. The second-order valence-electron chi connectivity index (χ2n) is 10.8. The number of benzene rings is 5. The van der Waals surface area contributed by atoms with Crippen LogP contribution in [0, 0.1) is 0 Å². The first-order chi connectivity index (χ1) is 23.6. The van der Waals surface area contributed by atoms with Gasteiger partial charge in [-0.1, -0.05) is 60.7 Å². The Hall–Kier alpha value is -6.42. The van der Waals surface area contributed by atoms with Crippen LogP contribution in [0.25, 0.3) is 44.6 Å². The number of rotatable bonds is 10. The molecule has 2 heterocycles. The van der Waals surface area contributed by atoms with Gasteiger partial charge < -0.3 is 29.6 Å². The van der Waals surface area contributed by atoms with Gasteiger partial charge in [0, 0.05) is 45.4 Å². The van der Waals surface area contributed by atoms with Crippen LogP contribution in [0.15, 0.2) is 109 Å². The molecule has 7 rings (SSSR count). The summed E-state index contributed by atoms with van der Waals surface area (Å²) >= 11 is 0. The topological polar surface area (TPSA) is 113 Å². The molecule has 0 fully saturated rings. The van der Waals surface area contributed by atoms with Crippen LogP contribution in [0.5, 0.6) is 23.0 Å². The second kappa shape index (κ2) is 13.1. The predicted molar refractivity (Wildman–Crippen MR) is 189 cm³/mol. The zero-order chi connectivity index (χ0) is 33.0. The minimum atomic E-state index is 0.544. The third-order valence-electron chi connectivity index (χ3n) is 7.88. The van der Waals surface area contributed by atoms with E-state index in [-0.39, 0.29) is 0 Å². The van der Waals surface area contributed by atoms with Gasteiger partial charge in [0.25, 0.3) is 0 Å². The van der Waals surface area contributed by atoms with Gasteiger partial charge in [0.15, 0.2) is 34.6 Å². The lowest BCUT2D eigenvalue weighted by Crippen LogP contribution is -2.01. The number of nitrogens with zero attached hydrogens (tertiary/aromatic N) is 4. The molecule has 10 heteroatoms. The largest absolute Gasteiger partial charge is 0.493 e. The Morgan fingerprint density at radius 1 is 0.417 bits per heavy atom. The van der Waals surface area contributed by atoms with E-state index in [1.807, 2.05) is 109 Å². The number of aromatic nitrogens is 4. The van der Waals surface area contributed by atoms with Gasteiger partial charge in [0.05, 0.1) is 39.5 Å². The van der Waals surface area contributed by atoms with Gasteiger partial charge in [0.1, 0.15) is 11.6 Å². The van der Waals surface area contributed by atoms with Crippen molar-refractivity contribution >= 4 is 44.8 Å². The third-order valence-corrected chi connectivity index (χ3v) is 7.88. The molecule has 2 N–H and O–H groups in total. The van der Waals surface area contributed by atoms with E-state index < -0.39 is 0 Å². The van der Waals surface area contributed by atoms with Crippen LogP contribution in [-0.4, -0.2) is 48.4 Å². The number of hydrogen-bond donors (Lipinski definition) is 2. The molecule has 0 aliphatic carbocycles. The highest BCUT2D eigenvalue weighted by Crippen LogP contribution is 2.38. The van der Waals surface area contributed by atoms with Crippen LogP contribution >= 0.6 is 0 Å². The first-order valence-electron chi connectivity index (χ1n) is 15.2. The van der Waals surface area contributed by atoms with Crippen molar-refractivity contribution in [3.8, 4) is 45.8 Å². The van der Waals surface area contributed by atoms with Gasteiger partial charge in [0.2, 0.25) is 0 Å². The molecule has 0 bridgehead atoms. The van der Waals surface area contributed by atoms with Crippen molar-refractivity contribution in [1.82, 2.24) is 19.9 Å². The van der Waals surface area contributed by atoms with Crippen molar-refractivity contribution in [2.45, 2.75) is 0 Å². The van der Waals surface area contributed by atoms with E-state index in [0.717, 1.165) is 33.3 Å². The lowest BCUT2D eigenvalue weighted by molar-refractivity contribution is 0.356. The smallest absolute Gasteiger partial charge is 0.162 e. The average Bonchev–Trinajstić information content (AvgIpc) is 3.14. The predicted octanol–water partition coefficient (Wildman–Crippen LogP) is 8.43. The zero-order valence-corrected chi connectivity index (χ0v) is 26.8. The van der Waals surface area contributed by atoms with E-state index in [2.05, 4.69) is 10.6 Å². The second-order valence-corrected chi connectivity index (χ2v) is 10.8. The number of fused-ring (bicyclic) bond motifs is 2. The molecule has 10 nitrogen and oxygen atoms in total. The molecule has 0 aliphatic heterocycles.